The molecule has 9 heteroatoms. The summed E-state index contributed by atoms with van der Waals surface area (Å²) in [7, 11) is -3.28. The molecule has 1 aliphatic heterocycles. The van der Waals surface area contributed by atoms with Crippen LogP contribution < -0.4 is 15.4 Å². The minimum atomic E-state index is -3.28. The Bertz CT molecular complexity index is 1250. The van der Waals surface area contributed by atoms with Gasteiger partial charge in [-0.2, -0.15) is 0 Å². The lowest BCUT2D eigenvalue weighted by molar-refractivity contribution is 0.100. The van der Waals surface area contributed by atoms with Crippen molar-refractivity contribution in [2.24, 2.45) is 5.73 Å². The van der Waals surface area contributed by atoms with Crippen LogP contribution in [-0.2, 0) is 10.0 Å². The molecule has 0 unspecified atom stereocenters. The molecule has 0 bridgehead atoms. The summed E-state index contributed by atoms with van der Waals surface area (Å²) < 4.78 is 25.5. The first-order chi connectivity index (χ1) is 14.8. The molecule has 3 N–H and O–H groups in total. The zero-order valence-corrected chi connectivity index (χ0v) is 18.4. The molecule has 1 aliphatic rings. The van der Waals surface area contributed by atoms with E-state index in [0.29, 0.717) is 34.8 Å². The number of primary amides is 1. The summed E-state index contributed by atoms with van der Waals surface area (Å²) in [4.78, 5) is 25.9. The molecular formula is C22H21N3O4S2. The number of thiophene rings is 1. The van der Waals surface area contributed by atoms with Crippen LogP contribution in [0.1, 0.15) is 32.0 Å². The average Bonchev–Trinajstić information content (AvgIpc) is 3.27. The molecule has 1 saturated heterocycles. The standard InChI is InChI=1S/C22H21N3O4S2/c1-14-18(15-6-3-2-4-7-15)19(20(23)26)22(30-14)24-21(27)16-8-10-17(11-9-16)25-12-5-13-31(25,28)29/h2-4,6-11H,5,12-13H2,1H3,(H2,23,26)(H,24,27). The van der Waals surface area contributed by atoms with Gasteiger partial charge in [-0.15, -0.1) is 11.3 Å². The number of nitrogens with one attached hydrogen (secondary N) is 1. The van der Waals surface area contributed by atoms with Gasteiger partial charge in [0.05, 0.1) is 17.0 Å². The number of nitrogens with two attached hydrogens (primary N) is 1. The van der Waals surface area contributed by atoms with Crippen molar-refractivity contribution in [1.29, 1.82) is 0 Å². The van der Waals surface area contributed by atoms with Crippen molar-refractivity contribution in [1.82, 2.24) is 0 Å². The largest absolute Gasteiger partial charge is 0.365 e. The van der Waals surface area contributed by atoms with Gasteiger partial charge in [-0.3, -0.25) is 13.9 Å². The molecule has 0 atom stereocenters. The predicted molar refractivity (Wildman–Crippen MR) is 123 cm³/mol. The second-order valence-corrected chi connectivity index (χ2v) is 10.4. The van der Waals surface area contributed by atoms with Crippen LogP contribution in [-0.4, -0.2) is 32.5 Å². The van der Waals surface area contributed by atoms with Gasteiger partial charge in [0.1, 0.15) is 5.00 Å². The number of carbonyl (C=O) groups excluding carboxylic acids is 2. The van der Waals surface area contributed by atoms with Gasteiger partial charge in [0.15, 0.2) is 0 Å². The molecule has 0 aliphatic carbocycles. The molecule has 4 rings (SSSR count). The van der Waals surface area contributed by atoms with Crippen molar-refractivity contribution in [3.05, 3.63) is 70.6 Å². The molecule has 3 aromatic rings. The highest BCUT2D eigenvalue weighted by molar-refractivity contribution is 7.93. The van der Waals surface area contributed by atoms with E-state index in [9.17, 15) is 18.0 Å². The molecule has 1 aromatic heterocycles. The van der Waals surface area contributed by atoms with Crippen molar-refractivity contribution in [2.45, 2.75) is 13.3 Å². The van der Waals surface area contributed by atoms with E-state index in [1.807, 2.05) is 37.3 Å². The SMILES string of the molecule is Cc1sc(NC(=O)c2ccc(N3CCCS3(=O)=O)cc2)c(C(N)=O)c1-c1ccccc1. The molecule has 0 saturated carbocycles. The fourth-order valence-corrected chi connectivity index (χ4v) is 6.35. The second kappa shape index (κ2) is 8.16. The molecule has 7 nitrogen and oxygen atoms in total. The number of hydrogen-bond donors (Lipinski definition) is 2. The monoisotopic (exact) mass is 455 g/mol. The molecule has 31 heavy (non-hydrogen) atoms. The van der Waals surface area contributed by atoms with Crippen LogP contribution in [0, 0.1) is 6.92 Å². The molecule has 0 radical (unpaired) electrons. The van der Waals surface area contributed by atoms with Crippen molar-refractivity contribution in [3.63, 3.8) is 0 Å². The molecule has 0 spiro atoms. The third-order valence-corrected chi connectivity index (χ3v) is 8.03. The first kappa shape index (κ1) is 21.1. The Morgan fingerprint density at radius 1 is 1.06 bits per heavy atom. The number of sulfonamides is 1. The summed E-state index contributed by atoms with van der Waals surface area (Å²) in [6, 6.07) is 15.8. The topological polar surface area (TPSA) is 110 Å². The second-order valence-electron chi connectivity index (χ2n) is 7.21. The van der Waals surface area contributed by atoms with Gasteiger partial charge in [-0.1, -0.05) is 30.3 Å². The fourth-order valence-electron chi connectivity index (χ4n) is 3.70. The Balaban J connectivity index is 1.61. The summed E-state index contributed by atoms with van der Waals surface area (Å²) in [6.07, 6.45) is 0.585. The number of hydrogen-bond acceptors (Lipinski definition) is 5. The molecule has 1 fully saturated rings. The Morgan fingerprint density at radius 3 is 2.32 bits per heavy atom. The van der Waals surface area contributed by atoms with E-state index < -0.39 is 21.8 Å². The van der Waals surface area contributed by atoms with Crippen LogP contribution in [0.2, 0.25) is 0 Å². The maximum Gasteiger partial charge on any atom is 0.256 e. The number of nitrogens with zero attached hydrogens (tertiary/aromatic N) is 1. The fraction of sp³-hybridized carbons (Fsp3) is 0.182. The number of aryl methyl sites for hydroxylation is 1. The van der Waals surface area contributed by atoms with Crippen molar-refractivity contribution < 1.29 is 18.0 Å². The van der Waals surface area contributed by atoms with E-state index in [1.165, 1.54) is 15.6 Å². The molecule has 2 heterocycles. The molecule has 160 valence electrons. The summed E-state index contributed by atoms with van der Waals surface area (Å²) in [6.45, 7) is 2.31. The highest BCUT2D eigenvalue weighted by atomic mass is 32.2. The first-order valence-corrected chi connectivity index (χ1v) is 12.1. The zero-order chi connectivity index (χ0) is 22.2. The van der Waals surface area contributed by atoms with Crippen molar-refractivity contribution in [3.8, 4) is 11.1 Å². The van der Waals surface area contributed by atoms with Gasteiger partial charge in [-0.05, 0) is 43.2 Å². The number of anilines is 2. The maximum absolute atomic E-state index is 12.8. The van der Waals surface area contributed by atoms with E-state index in [4.69, 9.17) is 5.73 Å². The van der Waals surface area contributed by atoms with Gasteiger partial charge in [-0.25, -0.2) is 8.42 Å². The zero-order valence-electron chi connectivity index (χ0n) is 16.8. The highest BCUT2D eigenvalue weighted by Gasteiger charge is 2.28. The Hall–Kier alpha value is -3.17. The minimum absolute atomic E-state index is 0.132. The Kier molecular flexibility index (Phi) is 5.55. The molecule has 2 aromatic carbocycles. The summed E-state index contributed by atoms with van der Waals surface area (Å²) in [5, 5.41) is 3.18. The molecule has 2 amide bonds. The van der Waals surface area contributed by atoms with E-state index in [-0.39, 0.29) is 11.3 Å². The highest BCUT2D eigenvalue weighted by Crippen LogP contribution is 2.39. The number of carbonyl (C=O) groups is 2. The van der Waals surface area contributed by atoms with E-state index in [2.05, 4.69) is 5.32 Å². The van der Waals surface area contributed by atoms with E-state index in [0.717, 1.165) is 10.4 Å². The third kappa shape index (κ3) is 4.06. The summed E-state index contributed by atoms with van der Waals surface area (Å²) in [5.74, 6) is -0.889. The van der Waals surface area contributed by atoms with Crippen LogP contribution in [0.4, 0.5) is 10.7 Å². The summed E-state index contributed by atoms with van der Waals surface area (Å²) in [5.41, 5.74) is 8.37. The van der Waals surface area contributed by atoms with E-state index in [1.54, 1.807) is 24.3 Å². The lowest BCUT2D eigenvalue weighted by Crippen LogP contribution is -2.25. The Morgan fingerprint density at radius 2 is 1.74 bits per heavy atom. The van der Waals surface area contributed by atoms with Crippen LogP contribution in [0.3, 0.4) is 0 Å². The third-order valence-electron chi connectivity index (χ3n) is 5.14. The lowest BCUT2D eigenvalue weighted by atomic mass is 10.0. The van der Waals surface area contributed by atoms with Gasteiger partial charge in [0, 0.05) is 22.5 Å². The first-order valence-electron chi connectivity index (χ1n) is 9.68. The normalized spacial score (nSPS) is 15.1. The number of amides is 2. The van der Waals surface area contributed by atoms with Crippen LogP contribution in [0.25, 0.3) is 11.1 Å². The minimum Gasteiger partial charge on any atom is -0.365 e. The van der Waals surface area contributed by atoms with Gasteiger partial charge >= 0.3 is 0 Å². The van der Waals surface area contributed by atoms with Crippen LogP contribution in [0.15, 0.2) is 54.6 Å². The van der Waals surface area contributed by atoms with Crippen LogP contribution in [0.5, 0.6) is 0 Å². The predicted octanol–water partition coefficient (Wildman–Crippen LogP) is 3.61. The lowest BCUT2D eigenvalue weighted by Gasteiger charge is -2.17. The maximum atomic E-state index is 12.8. The molecular weight excluding hydrogens is 434 g/mol. The van der Waals surface area contributed by atoms with Gasteiger partial charge in [0.25, 0.3) is 11.8 Å². The summed E-state index contributed by atoms with van der Waals surface area (Å²) >= 11 is 1.29. The average molecular weight is 456 g/mol. The van der Waals surface area contributed by atoms with Crippen molar-refractivity contribution in [2.75, 3.05) is 21.9 Å². The quantitative estimate of drug-likeness (QED) is 0.612. The van der Waals surface area contributed by atoms with Crippen molar-refractivity contribution >= 4 is 43.9 Å². The van der Waals surface area contributed by atoms with Crippen LogP contribution >= 0.6 is 11.3 Å². The van der Waals surface area contributed by atoms with Gasteiger partial charge < -0.3 is 11.1 Å². The Labute approximate surface area is 184 Å². The van der Waals surface area contributed by atoms with E-state index >= 15 is 0 Å². The van der Waals surface area contributed by atoms with Gasteiger partial charge in [0.2, 0.25) is 10.0 Å². The number of benzene rings is 2. The smallest absolute Gasteiger partial charge is 0.256 e. The number of rotatable bonds is 5.